The Morgan fingerprint density at radius 2 is 1.81 bits per heavy atom. The van der Waals surface area contributed by atoms with Gasteiger partial charge < -0.3 is 15.5 Å². The first-order valence-electron chi connectivity index (χ1n) is 11.9. The van der Waals surface area contributed by atoms with Crippen LogP contribution in [-0.4, -0.2) is 92.7 Å². The molecule has 6 nitrogen and oxygen atoms in total. The average Bonchev–Trinajstić information content (AvgIpc) is 3.30. The van der Waals surface area contributed by atoms with E-state index >= 15 is 0 Å². The molecule has 2 aliphatic rings. The van der Waals surface area contributed by atoms with Crippen LogP contribution in [0.15, 0.2) is 22.5 Å². The Kier molecular flexibility index (Phi) is 12.7. The standard InChI is InChI=1S/C23H42N6S.HI/c1-4-24-23(25-10-13-28-16-14-27(5-2)15-17-28)26-19-21(22-7-6-18-30-22)29-11-8-20(3)9-12-29;/h6-7,18,20-21H,4-5,8-17,19H2,1-3H3,(H2,24,25,26);1H. The number of aliphatic imine (C=N–C) groups is 1. The van der Waals surface area contributed by atoms with Gasteiger partial charge in [-0.3, -0.25) is 14.8 Å². The highest BCUT2D eigenvalue weighted by Gasteiger charge is 2.25. The number of likely N-dealkylation sites (N-methyl/N-ethyl adjacent to an activating group) is 1. The van der Waals surface area contributed by atoms with Crippen molar-refractivity contribution < 1.29 is 0 Å². The van der Waals surface area contributed by atoms with Gasteiger partial charge in [-0.15, -0.1) is 35.3 Å². The normalized spacial score (nSPS) is 20.9. The fourth-order valence-corrected chi connectivity index (χ4v) is 5.24. The van der Waals surface area contributed by atoms with Gasteiger partial charge in [0.25, 0.3) is 0 Å². The number of likely N-dealkylation sites (tertiary alicyclic amines) is 1. The van der Waals surface area contributed by atoms with Crippen molar-refractivity contribution in [3.8, 4) is 0 Å². The maximum Gasteiger partial charge on any atom is 0.191 e. The smallest absolute Gasteiger partial charge is 0.191 e. The summed E-state index contributed by atoms with van der Waals surface area (Å²) in [6, 6.07) is 4.85. The summed E-state index contributed by atoms with van der Waals surface area (Å²) < 4.78 is 0. The van der Waals surface area contributed by atoms with E-state index in [1.54, 1.807) is 0 Å². The van der Waals surface area contributed by atoms with E-state index in [0.717, 1.165) is 38.1 Å². The largest absolute Gasteiger partial charge is 0.357 e. The van der Waals surface area contributed by atoms with Crippen molar-refractivity contribution >= 4 is 41.3 Å². The molecule has 3 heterocycles. The van der Waals surface area contributed by atoms with Crippen LogP contribution in [-0.2, 0) is 0 Å². The molecule has 2 N–H and O–H groups in total. The lowest BCUT2D eigenvalue weighted by atomic mass is 9.97. The molecule has 1 unspecified atom stereocenters. The van der Waals surface area contributed by atoms with Crippen molar-refractivity contribution in [1.29, 1.82) is 0 Å². The molecule has 1 atom stereocenters. The zero-order valence-corrected chi connectivity index (χ0v) is 22.8. The zero-order valence-electron chi connectivity index (χ0n) is 19.7. The number of hydrogen-bond acceptors (Lipinski definition) is 5. The Morgan fingerprint density at radius 3 is 2.42 bits per heavy atom. The fourth-order valence-electron chi connectivity index (χ4n) is 4.39. The number of halogens is 1. The first-order chi connectivity index (χ1) is 14.7. The molecule has 31 heavy (non-hydrogen) atoms. The van der Waals surface area contributed by atoms with Gasteiger partial charge in [-0.05, 0) is 56.8 Å². The maximum absolute atomic E-state index is 5.00. The van der Waals surface area contributed by atoms with Crippen LogP contribution in [0.4, 0.5) is 0 Å². The second kappa shape index (κ2) is 14.7. The topological polar surface area (TPSA) is 46.1 Å². The van der Waals surface area contributed by atoms with Gasteiger partial charge in [-0.2, -0.15) is 0 Å². The second-order valence-electron chi connectivity index (χ2n) is 8.67. The number of nitrogens with one attached hydrogen (secondary N) is 2. The summed E-state index contributed by atoms with van der Waals surface area (Å²) in [5.41, 5.74) is 0. The lowest BCUT2D eigenvalue weighted by Gasteiger charge is -2.35. The van der Waals surface area contributed by atoms with E-state index in [-0.39, 0.29) is 24.0 Å². The number of hydrogen-bond donors (Lipinski definition) is 2. The third kappa shape index (κ3) is 8.79. The lowest BCUT2D eigenvalue weighted by molar-refractivity contribution is 0.139. The Hall–Kier alpha value is -0.420. The molecule has 1 aromatic rings. The van der Waals surface area contributed by atoms with E-state index in [1.807, 2.05) is 11.3 Å². The van der Waals surface area contributed by atoms with Crippen molar-refractivity contribution in [3.63, 3.8) is 0 Å². The minimum Gasteiger partial charge on any atom is -0.357 e. The van der Waals surface area contributed by atoms with E-state index in [9.17, 15) is 0 Å². The quantitative estimate of drug-likeness (QED) is 0.275. The molecule has 0 bridgehead atoms. The molecule has 0 aromatic carbocycles. The van der Waals surface area contributed by atoms with Gasteiger partial charge in [0.05, 0.1) is 12.6 Å². The van der Waals surface area contributed by atoms with E-state index in [0.29, 0.717) is 6.04 Å². The molecule has 0 radical (unpaired) electrons. The van der Waals surface area contributed by atoms with Crippen LogP contribution in [0.2, 0.25) is 0 Å². The number of piperidine rings is 1. The Morgan fingerprint density at radius 1 is 1.10 bits per heavy atom. The molecule has 2 saturated heterocycles. The predicted octanol–water partition coefficient (Wildman–Crippen LogP) is 3.33. The monoisotopic (exact) mass is 562 g/mol. The molecule has 178 valence electrons. The van der Waals surface area contributed by atoms with Gasteiger partial charge in [0, 0.05) is 50.7 Å². The molecule has 3 rings (SSSR count). The van der Waals surface area contributed by atoms with Crippen molar-refractivity contribution in [2.75, 3.05) is 72.0 Å². The summed E-state index contributed by atoms with van der Waals surface area (Å²) in [6.07, 6.45) is 2.60. The lowest BCUT2D eigenvalue weighted by Crippen LogP contribution is -2.49. The molecule has 8 heteroatoms. The van der Waals surface area contributed by atoms with Crippen LogP contribution < -0.4 is 10.6 Å². The summed E-state index contributed by atoms with van der Waals surface area (Å²) >= 11 is 1.87. The molecule has 0 aliphatic carbocycles. The van der Waals surface area contributed by atoms with E-state index in [4.69, 9.17) is 4.99 Å². The molecular weight excluding hydrogens is 519 g/mol. The molecule has 2 fully saturated rings. The van der Waals surface area contributed by atoms with E-state index in [2.05, 4.69) is 63.6 Å². The van der Waals surface area contributed by atoms with Crippen molar-refractivity contribution in [1.82, 2.24) is 25.3 Å². The first-order valence-corrected chi connectivity index (χ1v) is 12.8. The minimum atomic E-state index is 0. The second-order valence-corrected chi connectivity index (χ2v) is 9.65. The van der Waals surface area contributed by atoms with E-state index < -0.39 is 0 Å². The number of guanidine groups is 1. The Labute approximate surface area is 210 Å². The third-order valence-corrected chi connectivity index (χ3v) is 7.50. The van der Waals surface area contributed by atoms with Crippen molar-refractivity contribution in [2.45, 2.75) is 39.7 Å². The molecule has 2 aliphatic heterocycles. The van der Waals surface area contributed by atoms with Crippen LogP contribution in [0.5, 0.6) is 0 Å². The molecule has 1 aromatic heterocycles. The first kappa shape index (κ1) is 26.8. The summed E-state index contributed by atoms with van der Waals surface area (Å²) in [4.78, 5) is 14.2. The van der Waals surface area contributed by atoms with Crippen molar-refractivity contribution in [3.05, 3.63) is 22.4 Å². The number of thiophene rings is 1. The minimum absolute atomic E-state index is 0. The zero-order chi connectivity index (χ0) is 21.2. The number of rotatable bonds is 9. The Balaban J connectivity index is 0.00000341. The Bertz CT molecular complexity index is 610. The number of piperazine rings is 1. The van der Waals surface area contributed by atoms with E-state index in [1.165, 1.54) is 63.5 Å². The average molecular weight is 563 g/mol. The van der Waals surface area contributed by atoms with Gasteiger partial charge in [0.1, 0.15) is 0 Å². The van der Waals surface area contributed by atoms with Crippen LogP contribution in [0.25, 0.3) is 0 Å². The maximum atomic E-state index is 5.00. The van der Waals surface area contributed by atoms with Gasteiger partial charge in [-0.1, -0.05) is 19.9 Å². The summed E-state index contributed by atoms with van der Waals surface area (Å²) in [6.45, 7) is 18.8. The van der Waals surface area contributed by atoms with Crippen LogP contribution in [0, 0.1) is 5.92 Å². The van der Waals surface area contributed by atoms with Crippen molar-refractivity contribution in [2.24, 2.45) is 10.9 Å². The summed E-state index contributed by atoms with van der Waals surface area (Å²) in [7, 11) is 0. The fraction of sp³-hybridized carbons (Fsp3) is 0.783. The molecular formula is C23H43IN6S. The van der Waals surface area contributed by atoms with Gasteiger partial charge in [-0.25, -0.2) is 0 Å². The van der Waals surface area contributed by atoms with Crippen LogP contribution >= 0.6 is 35.3 Å². The molecule has 0 spiro atoms. The predicted molar refractivity (Wildman–Crippen MR) is 145 cm³/mol. The number of nitrogens with zero attached hydrogens (tertiary/aromatic N) is 4. The SMILES string of the molecule is CCNC(=NCC(c1cccs1)N1CCC(C)CC1)NCCN1CCN(CC)CC1.I. The summed E-state index contributed by atoms with van der Waals surface area (Å²) in [5.74, 6) is 1.81. The van der Waals surface area contributed by atoms with Gasteiger partial charge in [0.15, 0.2) is 5.96 Å². The van der Waals surface area contributed by atoms with Crippen LogP contribution in [0.1, 0.15) is 44.5 Å². The highest BCUT2D eigenvalue weighted by atomic mass is 127. The highest BCUT2D eigenvalue weighted by Crippen LogP contribution is 2.29. The van der Waals surface area contributed by atoms with Gasteiger partial charge >= 0.3 is 0 Å². The van der Waals surface area contributed by atoms with Crippen LogP contribution in [0.3, 0.4) is 0 Å². The molecule has 0 saturated carbocycles. The highest BCUT2D eigenvalue weighted by molar-refractivity contribution is 14.0. The third-order valence-electron chi connectivity index (χ3n) is 6.53. The molecule has 0 amide bonds. The summed E-state index contributed by atoms with van der Waals surface area (Å²) in [5, 5.41) is 9.21. The van der Waals surface area contributed by atoms with Gasteiger partial charge in [0.2, 0.25) is 0 Å².